The molecule has 0 bridgehead atoms. The largest absolute Gasteiger partial charge is 0.493 e. The van der Waals surface area contributed by atoms with Gasteiger partial charge in [0.1, 0.15) is 0 Å². The lowest BCUT2D eigenvalue weighted by molar-refractivity contribution is 0.347. The zero-order valence-corrected chi connectivity index (χ0v) is 12.8. The summed E-state index contributed by atoms with van der Waals surface area (Å²) in [4.78, 5) is 0. The van der Waals surface area contributed by atoms with Gasteiger partial charge in [0.2, 0.25) is 10.0 Å². The smallest absolute Gasteiger partial charge is 0.216 e. The maximum atomic E-state index is 12.0. The summed E-state index contributed by atoms with van der Waals surface area (Å²) in [6, 6.07) is 5.42. The number of sulfonamides is 1. The highest BCUT2D eigenvalue weighted by Crippen LogP contribution is 2.31. The number of hydrogen-bond acceptors (Lipinski definition) is 4. The van der Waals surface area contributed by atoms with Gasteiger partial charge in [0.15, 0.2) is 11.5 Å². The van der Waals surface area contributed by atoms with Crippen LogP contribution in [0.25, 0.3) is 0 Å². The molecule has 0 atom stereocenters. The minimum absolute atomic E-state index is 0.251. The summed E-state index contributed by atoms with van der Waals surface area (Å²) in [5, 5.41) is -0.450. The lowest BCUT2D eigenvalue weighted by Gasteiger charge is -2.21. The van der Waals surface area contributed by atoms with Gasteiger partial charge in [-0.3, -0.25) is 0 Å². The van der Waals surface area contributed by atoms with E-state index in [0.717, 1.165) is 5.56 Å². The Kier molecular flexibility index (Phi) is 5.20. The van der Waals surface area contributed by atoms with Gasteiger partial charge in [0.25, 0.3) is 0 Å². The minimum atomic E-state index is -3.28. The molecule has 0 N–H and O–H groups in total. The topological polar surface area (TPSA) is 55.8 Å². The molecule has 0 heterocycles. The van der Waals surface area contributed by atoms with Gasteiger partial charge in [-0.1, -0.05) is 12.1 Å². The van der Waals surface area contributed by atoms with E-state index in [0.29, 0.717) is 11.5 Å². The third-order valence-electron chi connectivity index (χ3n) is 2.91. The van der Waals surface area contributed by atoms with Gasteiger partial charge < -0.3 is 9.47 Å². The molecule has 0 saturated carbocycles. The van der Waals surface area contributed by atoms with Crippen molar-refractivity contribution in [1.82, 2.24) is 4.31 Å². The maximum Gasteiger partial charge on any atom is 0.216 e. The molecule has 0 aliphatic carbocycles. The molecule has 6 heteroatoms. The molecule has 0 unspecified atom stereocenters. The van der Waals surface area contributed by atoms with Crippen LogP contribution >= 0.6 is 0 Å². The van der Waals surface area contributed by atoms with Crippen LogP contribution in [0.1, 0.15) is 19.4 Å². The highest BCUT2D eigenvalue weighted by Gasteiger charge is 2.23. The molecule has 0 saturated heterocycles. The molecule has 0 aliphatic heterocycles. The fourth-order valence-electron chi connectivity index (χ4n) is 1.77. The molecule has 0 fully saturated rings. The molecule has 0 amide bonds. The Hall–Kier alpha value is -1.27. The van der Waals surface area contributed by atoms with Crippen LogP contribution in [0, 0.1) is 0 Å². The van der Waals surface area contributed by atoms with Gasteiger partial charge in [0, 0.05) is 19.2 Å². The zero-order chi connectivity index (χ0) is 14.6. The number of nitrogens with zero attached hydrogens (tertiary/aromatic N) is 1. The van der Waals surface area contributed by atoms with Crippen molar-refractivity contribution in [3.63, 3.8) is 0 Å². The molecule has 0 spiro atoms. The van der Waals surface area contributed by atoms with E-state index in [2.05, 4.69) is 0 Å². The Morgan fingerprint density at radius 3 is 2.32 bits per heavy atom. The summed E-state index contributed by atoms with van der Waals surface area (Å²) in [6.07, 6.45) is 0. The van der Waals surface area contributed by atoms with Crippen LogP contribution in [0.5, 0.6) is 11.5 Å². The van der Waals surface area contributed by atoms with Gasteiger partial charge >= 0.3 is 0 Å². The fraction of sp³-hybridized carbons (Fsp3) is 0.538. The van der Waals surface area contributed by atoms with Crippen LogP contribution in [0.4, 0.5) is 0 Å². The molecule has 1 aromatic rings. The van der Waals surface area contributed by atoms with E-state index in [-0.39, 0.29) is 6.54 Å². The number of para-hydroxylation sites is 1. The predicted molar refractivity (Wildman–Crippen MR) is 75.1 cm³/mol. The molecule has 5 nitrogen and oxygen atoms in total. The number of ether oxygens (including phenoxy) is 2. The second-order valence-electron chi connectivity index (χ2n) is 4.50. The zero-order valence-electron chi connectivity index (χ0n) is 12.0. The quantitative estimate of drug-likeness (QED) is 0.801. The maximum absolute atomic E-state index is 12.0. The van der Waals surface area contributed by atoms with Crippen molar-refractivity contribution in [2.24, 2.45) is 0 Å². The van der Waals surface area contributed by atoms with Gasteiger partial charge in [-0.05, 0) is 19.9 Å². The van der Waals surface area contributed by atoms with Crippen LogP contribution in [-0.2, 0) is 16.6 Å². The van der Waals surface area contributed by atoms with Crippen molar-refractivity contribution in [1.29, 1.82) is 0 Å². The number of benzene rings is 1. The Bertz CT molecular complexity index is 525. The third-order valence-corrected chi connectivity index (χ3v) is 5.10. The second kappa shape index (κ2) is 6.25. The molecule has 0 aliphatic rings. The minimum Gasteiger partial charge on any atom is -0.493 e. The van der Waals surface area contributed by atoms with Crippen molar-refractivity contribution >= 4 is 10.0 Å². The van der Waals surface area contributed by atoms with E-state index in [1.54, 1.807) is 34.1 Å². The van der Waals surface area contributed by atoms with Crippen molar-refractivity contribution in [2.75, 3.05) is 21.3 Å². The summed E-state index contributed by atoms with van der Waals surface area (Å²) in [6.45, 7) is 3.57. The molecule has 108 valence electrons. The fourth-order valence-corrected chi connectivity index (χ4v) is 2.81. The Morgan fingerprint density at radius 1 is 1.21 bits per heavy atom. The first-order chi connectivity index (χ1) is 8.84. The summed E-state index contributed by atoms with van der Waals surface area (Å²) >= 11 is 0. The van der Waals surface area contributed by atoms with E-state index in [9.17, 15) is 8.42 Å². The van der Waals surface area contributed by atoms with E-state index in [1.165, 1.54) is 11.4 Å². The Balaban J connectivity index is 3.07. The summed E-state index contributed by atoms with van der Waals surface area (Å²) in [5.41, 5.74) is 0.772. The van der Waals surface area contributed by atoms with Crippen molar-refractivity contribution in [2.45, 2.75) is 25.6 Å². The molecule has 1 aromatic carbocycles. The summed E-state index contributed by atoms with van der Waals surface area (Å²) in [7, 11) is 1.37. The van der Waals surface area contributed by atoms with Gasteiger partial charge in [-0.2, -0.15) is 0 Å². The van der Waals surface area contributed by atoms with E-state index >= 15 is 0 Å². The third kappa shape index (κ3) is 3.39. The lowest BCUT2D eigenvalue weighted by Crippen LogP contribution is -2.32. The first-order valence-corrected chi connectivity index (χ1v) is 7.50. The number of rotatable bonds is 6. The second-order valence-corrected chi connectivity index (χ2v) is 7.10. The van der Waals surface area contributed by atoms with Gasteiger partial charge in [0.05, 0.1) is 19.5 Å². The van der Waals surface area contributed by atoms with E-state index < -0.39 is 15.3 Å². The van der Waals surface area contributed by atoms with E-state index in [4.69, 9.17) is 9.47 Å². The molecule has 0 radical (unpaired) electrons. The molecule has 0 aromatic heterocycles. The highest BCUT2D eigenvalue weighted by molar-refractivity contribution is 7.89. The van der Waals surface area contributed by atoms with Crippen LogP contribution in [0.3, 0.4) is 0 Å². The van der Waals surface area contributed by atoms with Crippen LogP contribution in [0.15, 0.2) is 18.2 Å². The Morgan fingerprint density at radius 2 is 1.84 bits per heavy atom. The molecule has 19 heavy (non-hydrogen) atoms. The van der Waals surface area contributed by atoms with Crippen molar-refractivity contribution in [3.05, 3.63) is 23.8 Å². The standard InChI is InChI=1S/C13H21NO4S/c1-10(2)19(15,16)14(3)9-11-7-6-8-12(17-4)13(11)18-5/h6-8,10H,9H2,1-5H3. The average Bonchev–Trinajstić information content (AvgIpc) is 2.37. The first-order valence-electron chi connectivity index (χ1n) is 5.99. The average molecular weight is 287 g/mol. The number of methoxy groups -OCH3 is 2. The SMILES string of the molecule is COc1cccc(CN(C)S(=O)(=O)C(C)C)c1OC. The van der Waals surface area contributed by atoms with Crippen molar-refractivity contribution in [3.8, 4) is 11.5 Å². The normalized spacial score (nSPS) is 11.9. The van der Waals surface area contributed by atoms with Gasteiger partial charge in [-0.15, -0.1) is 0 Å². The van der Waals surface area contributed by atoms with Crippen LogP contribution in [0.2, 0.25) is 0 Å². The molecular weight excluding hydrogens is 266 g/mol. The van der Waals surface area contributed by atoms with Crippen molar-refractivity contribution < 1.29 is 17.9 Å². The first kappa shape index (κ1) is 15.8. The number of hydrogen-bond donors (Lipinski definition) is 0. The Labute approximate surface area is 115 Å². The van der Waals surface area contributed by atoms with Gasteiger partial charge in [-0.25, -0.2) is 12.7 Å². The summed E-state index contributed by atoms with van der Waals surface area (Å²) < 4.78 is 35.9. The van der Waals surface area contributed by atoms with E-state index in [1.807, 2.05) is 12.1 Å². The summed E-state index contributed by atoms with van der Waals surface area (Å²) in [5.74, 6) is 1.16. The van der Waals surface area contributed by atoms with Crippen LogP contribution < -0.4 is 9.47 Å². The predicted octanol–water partition coefficient (Wildman–Crippen LogP) is 1.87. The molecular formula is C13H21NO4S. The molecule has 1 rings (SSSR count). The monoisotopic (exact) mass is 287 g/mol. The lowest BCUT2D eigenvalue weighted by atomic mass is 10.2. The highest BCUT2D eigenvalue weighted by atomic mass is 32.2. The van der Waals surface area contributed by atoms with Crippen LogP contribution in [-0.4, -0.2) is 39.2 Å².